The lowest BCUT2D eigenvalue weighted by Crippen LogP contribution is -2.37. The monoisotopic (exact) mass is 347 g/mol. The van der Waals surface area contributed by atoms with Gasteiger partial charge in [0, 0.05) is 31.3 Å². The summed E-state index contributed by atoms with van der Waals surface area (Å²) in [5, 5.41) is 14.8. The Morgan fingerprint density at radius 2 is 2.12 bits per heavy atom. The molecule has 1 saturated heterocycles. The summed E-state index contributed by atoms with van der Waals surface area (Å²) >= 11 is 0. The van der Waals surface area contributed by atoms with E-state index >= 15 is 0 Å². The Labute approximate surface area is 143 Å². The molecular weight excluding hydrogens is 330 g/mol. The smallest absolute Gasteiger partial charge is 0.340 e. The molecule has 1 aliphatic rings. The number of hydrogen-bond donors (Lipinski definition) is 0. The van der Waals surface area contributed by atoms with Crippen molar-refractivity contribution in [3.63, 3.8) is 0 Å². The fourth-order valence-electron chi connectivity index (χ4n) is 2.58. The third kappa shape index (κ3) is 3.94. The summed E-state index contributed by atoms with van der Waals surface area (Å²) in [5.74, 6) is -0.0405. The van der Waals surface area contributed by atoms with Gasteiger partial charge in [-0.15, -0.1) is 0 Å². The Balaban J connectivity index is 1.83. The maximum atomic E-state index is 12.5. The van der Waals surface area contributed by atoms with Crippen molar-refractivity contribution in [3.8, 4) is 0 Å². The van der Waals surface area contributed by atoms with Gasteiger partial charge in [0.15, 0.2) is 0 Å². The van der Waals surface area contributed by atoms with E-state index in [0.29, 0.717) is 43.4 Å². The highest BCUT2D eigenvalue weighted by molar-refractivity contribution is 5.96. The summed E-state index contributed by atoms with van der Waals surface area (Å²) in [5.41, 5.74) is 1.05. The molecule has 0 spiro atoms. The van der Waals surface area contributed by atoms with Gasteiger partial charge in [-0.05, 0) is 13.0 Å². The van der Waals surface area contributed by atoms with Gasteiger partial charge in [-0.3, -0.25) is 10.1 Å². The van der Waals surface area contributed by atoms with E-state index in [9.17, 15) is 14.9 Å². The molecule has 132 valence electrons. The van der Waals surface area contributed by atoms with Gasteiger partial charge >= 0.3 is 5.97 Å². The summed E-state index contributed by atoms with van der Waals surface area (Å²) in [6.45, 7) is 3.92. The van der Waals surface area contributed by atoms with Crippen LogP contribution in [0.1, 0.15) is 21.8 Å². The molecule has 0 saturated carbocycles. The predicted molar refractivity (Wildman–Crippen MR) is 86.5 cm³/mol. The van der Waals surface area contributed by atoms with Crippen LogP contribution in [0.15, 0.2) is 28.8 Å². The molecule has 0 aliphatic carbocycles. The first-order chi connectivity index (χ1) is 12.0. The number of rotatable bonds is 5. The maximum absolute atomic E-state index is 12.5. The first-order valence-corrected chi connectivity index (χ1v) is 7.75. The Morgan fingerprint density at radius 3 is 2.76 bits per heavy atom. The van der Waals surface area contributed by atoms with Crippen LogP contribution >= 0.6 is 0 Å². The first-order valence-electron chi connectivity index (χ1n) is 7.75. The molecule has 1 aromatic carbocycles. The molecule has 1 aliphatic heterocycles. The van der Waals surface area contributed by atoms with E-state index < -0.39 is 10.9 Å². The van der Waals surface area contributed by atoms with Gasteiger partial charge in [-0.2, -0.15) is 0 Å². The van der Waals surface area contributed by atoms with Crippen molar-refractivity contribution >= 4 is 17.3 Å². The molecule has 9 heteroatoms. The second-order valence-corrected chi connectivity index (χ2v) is 5.56. The minimum Gasteiger partial charge on any atom is -0.455 e. The number of nitro groups is 1. The molecule has 2 aromatic rings. The lowest BCUT2D eigenvalue weighted by molar-refractivity contribution is -0.384. The fraction of sp³-hybridized carbons (Fsp3) is 0.375. The van der Waals surface area contributed by atoms with E-state index in [1.807, 2.05) is 4.90 Å². The zero-order chi connectivity index (χ0) is 17.8. The molecule has 25 heavy (non-hydrogen) atoms. The Hall–Kier alpha value is -2.94. The number of morpholine rings is 1. The molecule has 1 aromatic heterocycles. The molecule has 0 atom stereocenters. The van der Waals surface area contributed by atoms with Gasteiger partial charge in [0.2, 0.25) is 0 Å². The predicted octanol–water partition coefficient (Wildman–Crippen LogP) is 2.08. The average molecular weight is 347 g/mol. The SMILES string of the molecule is Cc1cc(COC(=O)c2cc([N+](=O)[O-])ccc2N2CCOCC2)no1. The van der Waals surface area contributed by atoms with E-state index in [4.69, 9.17) is 14.0 Å². The van der Waals surface area contributed by atoms with E-state index in [1.165, 1.54) is 12.1 Å². The van der Waals surface area contributed by atoms with Crippen molar-refractivity contribution in [3.05, 3.63) is 51.4 Å². The van der Waals surface area contributed by atoms with Crippen molar-refractivity contribution in [1.29, 1.82) is 0 Å². The van der Waals surface area contributed by atoms with Crippen molar-refractivity contribution in [2.24, 2.45) is 0 Å². The number of hydrogen-bond acceptors (Lipinski definition) is 8. The van der Waals surface area contributed by atoms with Gasteiger partial charge in [-0.1, -0.05) is 5.16 Å². The minimum absolute atomic E-state index is 0.0680. The molecule has 9 nitrogen and oxygen atoms in total. The Kier molecular flexibility index (Phi) is 4.94. The van der Waals surface area contributed by atoms with Crippen LogP contribution in [0.3, 0.4) is 0 Å². The number of aromatic nitrogens is 1. The van der Waals surface area contributed by atoms with E-state index in [2.05, 4.69) is 5.16 Å². The minimum atomic E-state index is -0.647. The van der Waals surface area contributed by atoms with Crippen molar-refractivity contribution in [2.45, 2.75) is 13.5 Å². The van der Waals surface area contributed by atoms with Crippen LogP contribution < -0.4 is 4.90 Å². The number of benzene rings is 1. The van der Waals surface area contributed by atoms with Crippen LogP contribution in [-0.2, 0) is 16.1 Å². The normalized spacial score (nSPS) is 14.4. The highest BCUT2D eigenvalue weighted by atomic mass is 16.6. The van der Waals surface area contributed by atoms with Crippen LogP contribution in [0.4, 0.5) is 11.4 Å². The van der Waals surface area contributed by atoms with Crippen LogP contribution in [0.25, 0.3) is 0 Å². The van der Waals surface area contributed by atoms with Gasteiger partial charge in [0.05, 0.1) is 29.4 Å². The third-order valence-electron chi connectivity index (χ3n) is 3.79. The number of anilines is 1. The first kappa shape index (κ1) is 16.9. The van der Waals surface area contributed by atoms with Crippen LogP contribution in [-0.4, -0.2) is 42.4 Å². The average Bonchev–Trinajstić information content (AvgIpc) is 3.05. The second kappa shape index (κ2) is 7.31. The van der Waals surface area contributed by atoms with Crippen LogP contribution in [0.2, 0.25) is 0 Å². The van der Waals surface area contributed by atoms with Crippen molar-refractivity contribution in [1.82, 2.24) is 5.16 Å². The number of ether oxygens (including phenoxy) is 2. The summed E-state index contributed by atoms with van der Waals surface area (Å²) in [6.07, 6.45) is 0. The number of non-ortho nitro benzene ring substituents is 1. The standard InChI is InChI=1S/C16H17N3O6/c1-11-8-12(17-25-11)10-24-16(20)14-9-13(19(21)22)2-3-15(14)18-4-6-23-7-5-18/h2-3,8-9H,4-7,10H2,1H3. The van der Waals surface area contributed by atoms with E-state index in [0.717, 1.165) is 0 Å². The van der Waals surface area contributed by atoms with Gasteiger partial charge in [0.1, 0.15) is 18.1 Å². The van der Waals surface area contributed by atoms with Crippen LogP contribution in [0, 0.1) is 17.0 Å². The molecule has 0 N–H and O–H groups in total. The number of aryl methyl sites for hydroxylation is 1. The largest absolute Gasteiger partial charge is 0.455 e. The highest BCUT2D eigenvalue weighted by Gasteiger charge is 2.23. The molecule has 3 rings (SSSR count). The van der Waals surface area contributed by atoms with Gasteiger partial charge in [0.25, 0.3) is 5.69 Å². The topological polar surface area (TPSA) is 108 Å². The number of esters is 1. The Bertz CT molecular complexity index is 782. The number of carbonyl (C=O) groups is 1. The molecule has 2 heterocycles. The summed E-state index contributed by atoms with van der Waals surface area (Å²) in [7, 11) is 0. The van der Waals surface area contributed by atoms with Crippen LogP contribution in [0.5, 0.6) is 0 Å². The lowest BCUT2D eigenvalue weighted by Gasteiger charge is -2.30. The Morgan fingerprint density at radius 1 is 1.36 bits per heavy atom. The quantitative estimate of drug-likeness (QED) is 0.459. The maximum Gasteiger partial charge on any atom is 0.340 e. The van der Waals surface area contributed by atoms with Gasteiger partial charge < -0.3 is 18.9 Å². The van der Waals surface area contributed by atoms with Crippen molar-refractivity contribution < 1.29 is 23.7 Å². The fourth-order valence-corrected chi connectivity index (χ4v) is 2.58. The summed E-state index contributed by atoms with van der Waals surface area (Å²) in [6, 6.07) is 5.84. The summed E-state index contributed by atoms with van der Waals surface area (Å²) < 4.78 is 15.5. The molecule has 1 fully saturated rings. The number of nitro benzene ring substituents is 1. The highest BCUT2D eigenvalue weighted by Crippen LogP contribution is 2.27. The zero-order valence-corrected chi connectivity index (χ0v) is 13.6. The molecule has 0 amide bonds. The molecule has 0 bridgehead atoms. The third-order valence-corrected chi connectivity index (χ3v) is 3.79. The lowest BCUT2D eigenvalue weighted by atomic mass is 10.1. The van der Waals surface area contributed by atoms with E-state index in [1.54, 1.807) is 19.1 Å². The molecule has 0 radical (unpaired) electrons. The molecule has 0 unspecified atom stereocenters. The van der Waals surface area contributed by atoms with E-state index in [-0.39, 0.29) is 17.9 Å². The number of nitrogens with zero attached hydrogens (tertiary/aromatic N) is 3. The zero-order valence-electron chi connectivity index (χ0n) is 13.6. The van der Waals surface area contributed by atoms with Gasteiger partial charge in [-0.25, -0.2) is 4.79 Å². The van der Waals surface area contributed by atoms with Crippen molar-refractivity contribution in [2.75, 3.05) is 31.2 Å². The molecular formula is C16H17N3O6. The second-order valence-electron chi connectivity index (χ2n) is 5.56. The number of carbonyl (C=O) groups excluding carboxylic acids is 1. The summed E-state index contributed by atoms with van der Waals surface area (Å²) in [4.78, 5) is 25.0.